The molecular weight excluding hydrogens is 288 g/mol. The summed E-state index contributed by atoms with van der Waals surface area (Å²) in [5.74, 6) is -2.02. The first-order chi connectivity index (χ1) is 10.6. The summed E-state index contributed by atoms with van der Waals surface area (Å²) in [7, 11) is 0. The lowest BCUT2D eigenvalue weighted by Gasteiger charge is -2.07. The molecule has 2 aromatic carbocycles. The van der Waals surface area contributed by atoms with Crippen LogP contribution < -0.4 is 10.4 Å². The molecule has 0 aliphatic rings. The van der Waals surface area contributed by atoms with Crippen molar-refractivity contribution in [3.63, 3.8) is 0 Å². The molecule has 6 nitrogen and oxygen atoms in total. The molecule has 0 bridgehead atoms. The second kappa shape index (κ2) is 5.25. The summed E-state index contributed by atoms with van der Waals surface area (Å²) in [6.07, 6.45) is 0. The quantitative estimate of drug-likeness (QED) is 0.557. The lowest BCUT2D eigenvalue weighted by molar-refractivity contribution is 0.0723. The van der Waals surface area contributed by atoms with Gasteiger partial charge in [-0.25, -0.2) is 9.59 Å². The van der Waals surface area contributed by atoms with Crippen LogP contribution in [-0.4, -0.2) is 16.2 Å². The number of rotatable bonds is 2. The van der Waals surface area contributed by atoms with Crippen LogP contribution >= 0.6 is 0 Å². The normalized spacial score (nSPS) is 10.5. The molecule has 1 heterocycles. The molecule has 2 N–H and O–H groups in total. The summed E-state index contributed by atoms with van der Waals surface area (Å²) >= 11 is 0. The number of aromatic hydroxyl groups is 2. The summed E-state index contributed by atoms with van der Waals surface area (Å²) in [4.78, 5) is 23.8. The van der Waals surface area contributed by atoms with Gasteiger partial charge in [0.1, 0.15) is 11.3 Å². The van der Waals surface area contributed by atoms with Gasteiger partial charge in [0.25, 0.3) is 5.75 Å². The van der Waals surface area contributed by atoms with Crippen molar-refractivity contribution in [3.8, 4) is 17.2 Å². The van der Waals surface area contributed by atoms with Crippen LogP contribution in [0, 0.1) is 0 Å². The number of carbonyl (C=O) groups excluding carboxylic acids is 1. The number of phenols is 1. The summed E-state index contributed by atoms with van der Waals surface area (Å²) in [5.41, 5.74) is -0.797. The number of hydrogen-bond acceptors (Lipinski definition) is 6. The fourth-order valence-electron chi connectivity index (χ4n) is 1.97. The van der Waals surface area contributed by atoms with Crippen molar-refractivity contribution in [2.75, 3.05) is 0 Å². The maximum atomic E-state index is 12.0. The molecule has 22 heavy (non-hydrogen) atoms. The topological polar surface area (TPSA) is 97.0 Å². The predicted octanol–water partition coefficient (Wildman–Crippen LogP) is 2.42. The molecule has 3 rings (SSSR count). The molecule has 0 unspecified atom stereocenters. The molecule has 0 aliphatic carbocycles. The van der Waals surface area contributed by atoms with E-state index in [1.165, 1.54) is 30.3 Å². The summed E-state index contributed by atoms with van der Waals surface area (Å²) < 4.78 is 9.88. The Bertz CT molecular complexity index is 911. The van der Waals surface area contributed by atoms with Crippen LogP contribution in [0.4, 0.5) is 0 Å². The second-order valence-corrected chi connectivity index (χ2v) is 4.50. The molecule has 6 heteroatoms. The van der Waals surface area contributed by atoms with Crippen LogP contribution in [0.3, 0.4) is 0 Å². The Labute approximate surface area is 123 Å². The second-order valence-electron chi connectivity index (χ2n) is 4.50. The molecule has 0 aliphatic heterocycles. The van der Waals surface area contributed by atoms with Crippen molar-refractivity contribution in [1.82, 2.24) is 0 Å². The van der Waals surface area contributed by atoms with Gasteiger partial charge >= 0.3 is 11.6 Å². The van der Waals surface area contributed by atoms with Crippen LogP contribution in [0.2, 0.25) is 0 Å². The number of ether oxygens (including phenoxy) is 1. The van der Waals surface area contributed by atoms with Crippen LogP contribution in [0.1, 0.15) is 10.4 Å². The largest absolute Gasteiger partial charge is 0.508 e. The molecule has 110 valence electrons. The summed E-state index contributed by atoms with van der Waals surface area (Å²) in [6.45, 7) is 0. The Morgan fingerprint density at radius 2 is 1.77 bits per heavy atom. The minimum Gasteiger partial charge on any atom is -0.508 e. The van der Waals surface area contributed by atoms with Gasteiger partial charge < -0.3 is 19.4 Å². The molecular formula is C16H10O6. The van der Waals surface area contributed by atoms with E-state index in [0.717, 1.165) is 0 Å². The fourth-order valence-corrected chi connectivity index (χ4v) is 1.97. The van der Waals surface area contributed by atoms with Crippen LogP contribution in [-0.2, 0) is 0 Å². The van der Waals surface area contributed by atoms with E-state index in [9.17, 15) is 19.8 Å². The minimum absolute atomic E-state index is 0.0120. The van der Waals surface area contributed by atoms with E-state index >= 15 is 0 Å². The van der Waals surface area contributed by atoms with Gasteiger partial charge in [0, 0.05) is 6.07 Å². The Hall–Kier alpha value is -3.28. The lowest BCUT2D eigenvalue weighted by atomic mass is 10.2. The predicted molar refractivity (Wildman–Crippen MR) is 77.2 cm³/mol. The molecule has 0 spiro atoms. The molecule has 0 fully saturated rings. The van der Waals surface area contributed by atoms with E-state index < -0.39 is 23.1 Å². The van der Waals surface area contributed by atoms with Gasteiger partial charge in [-0.1, -0.05) is 18.2 Å². The summed E-state index contributed by atoms with van der Waals surface area (Å²) in [6, 6.07) is 11.9. The van der Waals surface area contributed by atoms with Crippen LogP contribution in [0.5, 0.6) is 17.2 Å². The molecule has 0 saturated heterocycles. The van der Waals surface area contributed by atoms with Crippen molar-refractivity contribution in [2.45, 2.75) is 0 Å². The number of carbonyl (C=O) groups is 1. The van der Waals surface area contributed by atoms with Gasteiger partial charge in [-0.05, 0) is 24.3 Å². The summed E-state index contributed by atoms with van der Waals surface area (Å²) in [5, 5.41) is 19.6. The first-order valence-electron chi connectivity index (χ1n) is 6.32. The monoisotopic (exact) mass is 298 g/mol. The van der Waals surface area contributed by atoms with E-state index in [4.69, 9.17) is 9.15 Å². The van der Waals surface area contributed by atoms with Gasteiger partial charge in [-0.2, -0.15) is 0 Å². The number of phenolic OH excluding ortho intramolecular Hbond substituents is 1. The number of esters is 1. The van der Waals surface area contributed by atoms with Crippen molar-refractivity contribution >= 4 is 16.9 Å². The zero-order valence-electron chi connectivity index (χ0n) is 11.1. The van der Waals surface area contributed by atoms with Gasteiger partial charge in [-0.15, -0.1) is 0 Å². The SMILES string of the molecule is O=C(Oc1c(O)c2ccc(O)cc2oc1=O)c1ccccc1. The highest BCUT2D eigenvalue weighted by molar-refractivity contribution is 5.93. The maximum Gasteiger partial charge on any atom is 0.383 e. The molecule has 0 atom stereocenters. The van der Waals surface area contributed by atoms with E-state index in [1.807, 2.05) is 0 Å². The third-order valence-electron chi connectivity index (χ3n) is 3.03. The number of benzene rings is 2. The Balaban J connectivity index is 2.06. The van der Waals surface area contributed by atoms with Crippen molar-refractivity contribution in [1.29, 1.82) is 0 Å². The van der Waals surface area contributed by atoms with Gasteiger partial charge in [0.15, 0.2) is 5.75 Å². The van der Waals surface area contributed by atoms with Gasteiger partial charge in [-0.3, -0.25) is 0 Å². The molecule has 1 aromatic heterocycles. The molecule has 0 radical (unpaired) electrons. The first kappa shape index (κ1) is 13.7. The molecule has 0 amide bonds. The third kappa shape index (κ3) is 2.37. The average Bonchev–Trinajstić information content (AvgIpc) is 2.51. The van der Waals surface area contributed by atoms with E-state index in [1.54, 1.807) is 18.2 Å². The van der Waals surface area contributed by atoms with E-state index in [0.29, 0.717) is 0 Å². The highest BCUT2D eigenvalue weighted by Crippen LogP contribution is 2.33. The smallest absolute Gasteiger partial charge is 0.383 e. The Morgan fingerprint density at radius 3 is 2.50 bits per heavy atom. The van der Waals surface area contributed by atoms with Crippen molar-refractivity contribution in [3.05, 3.63) is 64.5 Å². The van der Waals surface area contributed by atoms with Crippen molar-refractivity contribution in [2.24, 2.45) is 0 Å². The van der Waals surface area contributed by atoms with Crippen LogP contribution in [0.15, 0.2) is 57.7 Å². The Morgan fingerprint density at radius 1 is 1.05 bits per heavy atom. The average molecular weight is 298 g/mol. The molecule has 0 saturated carbocycles. The van der Waals surface area contributed by atoms with Gasteiger partial charge in [0.2, 0.25) is 0 Å². The zero-order valence-corrected chi connectivity index (χ0v) is 11.1. The molecule has 3 aromatic rings. The van der Waals surface area contributed by atoms with E-state index in [-0.39, 0.29) is 22.3 Å². The highest BCUT2D eigenvalue weighted by Gasteiger charge is 2.19. The highest BCUT2D eigenvalue weighted by atomic mass is 16.6. The zero-order chi connectivity index (χ0) is 15.7. The number of hydrogen-bond donors (Lipinski definition) is 2. The van der Waals surface area contributed by atoms with Crippen LogP contribution in [0.25, 0.3) is 11.0 Å². The first-order valence-corrected chi connectivity index (χ1v) is 6.32. The maximum absolute atomic E-state index is 12.0. The lowest BCUT2D eigenvalue weighted by Crippen LogP contribution is -2.14. The fraction of sp³-hybridized carbons (Fsp3) is 0. The Kier molecular flexibility index (Phi) is 3.27. The third-order valence-corrected chi connectivity index (χ3v) is 3.03. The van der Waals surface area contributed by atoms with E-state index in [2.05, 4.69) is 0 Å². The minimum atomic E-state index is -1.01. The van der Waals surface area contributed by atoms with Crippen molar-refractivity contribution < 1.29 is 24.2 Å². The standard InChI is InChI=1S/C16H10O6/c17-10-6-7-11-12(8-10)21-16(20)14(13(11)18)22-15(19)9-4-2-1-3-5-9/h1-8,17-18H. The number of fused-ring (bicyclic) bond motifs is 1. The van der Waals surface area contributed by atoms with Gasteiger partial charge in [0.05, 0.1) is 10.9 Å².